The molecule has 3 aromatic rings. The van der Waals surface area contributed by atoms with Crippen LogP contribution in [0.1, 0.15) is 32.3 Å². The third-order valence-electron chi connectivity index (χ3n) is 5.08. The second-order valence-electron chi connectivity index (χ2n) is 7.36. The molecule has 0 radical (unpaired) electrons. The number of nitrogens with zero attached hydrogens (tertiary/aromatic N) is 3. The van der Waals surface area contributed by atoms with E-state index in [1.54, 1.807) is 4.90 Å². The van der Waals surface area contributed by atoms with E-state index in [1.807, 2.05) is 78.5 Å². The lowest BCUT2D eigenvalue weighted by Gasteiger charge is -2.12. The van der Waals surface area contributed by atoms with Gasteiger partial charge in [-0.3, -0.25) is 9.69 Å². The van der Waals surface area contributed by atoms with Crippen LogP contribution in [0.5, 0.6) is 5.75 Å². The maximum Gasteiger partial charge on any atom is 0.266 e. The molecule has 1 aromatic heterocycles. The summed E-state index contributed by atoms with van der Waals surface area (Å²) in [6, 6.07) is 17.8. The average molecular weight is 464 g/mol. The van der Waals surface area contributed by atoms with Crippen molar-refractivity contribution < 1.29 is 9.53 Å². The van der Waals surface area contributed by atoms with E-state index in [-0.39, 0.29) is 5.91 Å². The highest BCUT2D eigenvalue weighted by Crippen LogP contribution is 2.35. The van der Waals surface area contributed by atoms with Gasteiger partial charge in [-0.25, -0.2) is 4.68 Å². The summed E-state index contributed by atoms with van der Waals surface area (Å²) >= 11 is 6.82. The Kier molecular flexibility index (Phi) is 7.07. The Bertz CT molecular complexity index is 1160. The zero-order valence-corrected chi connectivity index (χ0v) is 19.8. The lowest BCUT2D eigenvalue weighted by Crippen LogP contribution is -2.28. The van der Waals surface area contributed by atoms with Gasteiger partial charge >= 0.3 is 0 Å². The normalized spacial score (nSPS) is 15.1. The van der Waals surface area contributed by atoms with Gasteiger partial charge in [0.25, 0.3) is 5.91 Å². The Balaban J connectivity index is 1.76. The zero-order chi connectivity index (χ0) is 22.5. The molecule has 0 bridgehead atoms. The van der Waals surface area contributed by atoms with Crippen molar-refractivity contribution in [2.75, 3.05) is 13.2 Å². The topological polar surface area (TPSA) is 47.4 Å². The number of unbranched alkanes of at least 4 members (excludes halogenated alkanes) is 1. The van der Waals surface area contributed by atoms with Crippen molar-refractivity contribution in [1.82, 2.24) is 14.7 Å². The molecule has 7 heteroatoms. The second-order valence-corrected chi connectivity index (χ2v) is 9.04. The molecule has 1 aliphatic heterocycles. The average Bonchev–Trinajstić information content (AvgIpc) is 3.34. The summed E-state index contributed by atoms with van der Waals surface area (Å²) in [5, 5.41) is 4.86. The molecule has 4 rings (SSSR count). The minimum Gasteiger partial charge on any atom is -0.494 e. The Hall–Kier alpha value is -2.90. The van der Waals surface area contributed by atoms with Gasteiger partial charge < -0.3 is 4.74 Å². The molecule has 5 nitrogen and oxygen atoms in total. The van der Waals surface area contributed by atoms with Crippen molar-refractivity contribution in [2.24, 2.45) is 0 Å². The SMILES string of the molecule is CCCCN1C(=O)C(=Cc2cn(-c3ccccc3)nc2-c2cccc(OCC)c2)SC1=S. The number of rotatable bonds is 8. The lowest BCUT2D eigenvalue weighted by atomic mass is 10.1. The minimum absolute atomic E-state index is 0.0325. The van der Waals surface area contributed by atoms with E-state index in [1.165, 1.54) is 11.8 Å². The van der Waals surface area contributed by atoms with Gasteiger partial charge in [0, 0.05) is 23.9 Å². The van der Waals surface area contributed by atoms with Crippen LogP contribution < -0.4 is 4.74 Å². The number of carbonyl (C=O) groups is 1. The van der Waals surface area contributed by atoms with Crippen LogP contribution in [-0.2, 0) is 4.79 Å². The number of thioether (sulfide) groups is 1. The smallest absolute Gasteiger partial charge is 0.266 e. The van der Waals surface area contributed by atoms with Gasteiger partial charge in [0.05, 0.1) is 17.2 Å². The molecule has 0 unspecified atom stereocenters. The highest BCUT2D eigenvalue weighted by Gasteiger charge is 2.31. The third-order valence-corrected chi connectivity index (χ3v) is 6.45. The van der Waals surface area contributed by atoms with Crippen molar-refractivity contribution in [2.45, 2.75) is 26.7 Å². The zero-order valence-electron chi connectivity index (χ0n) is 18.2. The molecule has 2 aromatic carbocycles. The van der Waals surface area contributed by atoms with E-state index in [0.717, 1.165) is 41.1 Å². The first-order valence-electron chi connectivity index (χ1n) is 10.7. The molecule has 0 N–H and O–H groups in total. The van der Waals surface area contributed by atoms with E-state index >= 15 is 0 Å². The molecule has 0 aliphatic carbocycles. The first-order valence-corrected chi connectivity index (χ1v) is 12.0. The predicted octanol–water partition coefficient (Wildman–Crippen LogP) is 5.94. The number of hydrogen-bond acceptors (Lipinski definition) is 5. The number of carbonyl (C=O) groups excluding carboxylic acids is 1. The van der Waals surface area contributed by atoms with Gasteiger partial charge in [-0.15, -0.1) is 0 Å². The Morgan fingerprint density at radius 3 is 2.69 bits per heavy atom. The number of thiocarbonyl (C=S) groups is 1. The molecular weight excluding hydrogens is 438 g/mol. The van der Waals surface area contributed by atoms with Gasteiger partial charge in [0.2, 0.25) is 0 Å². The van der Waals surface area contributed by atoms with E-state index in [2.05, 4.69) is 6.92 Å². The Morgan fingerprint density at radius 2 is 1.94 bits per heavy atom. The first-order chi connectivity index (χ1) is 15.6. The van der Waals surface area contributed by atoms with Crippen molar-refractivity contribution >= 4 is 40.3 Å². The molecule has 0 saturated carbocycles. The monoisotopic (exact) mass is 463 g/mol. The number of amides is 1. The maximum absolute atomic E-state index is 13.0. The van der Waals surface area contributed by atoms with Crippen molar-refractivity contribution in [3.8, 4) is 22.7 Å². The molecule has 1 aliphatic rings. The standard InChI is InChI=1S/C25H25N3O2S2/c1-3-5-14-27-24(29)22(32-25(27)31)16-19-17-28(20-11-7-6-8-12-20)26-23(19)18-10-9-13-21(15-18)30-4-2/h6-13,15-17H,3-5,14H2,1-2H3. The van der Waals surface area contributed by atoms with Crippen LogP contribution >= 0.6 is 24.0 Å². The minimum atomic E-state index is -0.0325. The van der Waals surface area contributed by atoms with Crippen LogP contribution in [0.15, 0.2) is 65.7 Å². The van der Waals surface area contributed by atoms with Gasteiger partial charge in [-0.05, 0) is 43.7 Å². The molecule has 32 heavy (non-hydrogen) atoms. The fourth-order valence-electron chi connectivity index (χ4n) is 3.48. The summed E-state index contributed by atoms with van der Waals surface area (Å²) in [6.45, 7) is 5.32. The largest absolute Gasteiger partial charge is 0.494 e. The highest BCUT2D eigenvalue weighted by molar-refractivity contribution is 8.26. The summed E-state index contributed by atoms with van der Waals surface area (Å²) in [5.41, 5.74) is 3.52. The highest BCUT2D eigenvalue weighted by atomic mass is 32.2. The number of hydrogen-bond donors (Lipinski definition) is 0. The van der Waals surface area contributed by atoms with Crippen LogP contribution in [0.2, 0.25) is 0 Å². The van der Waals surface area contributed by atoms with Gasteiger partial charge in [-0.1, -0.05) is 67.7 Å². The summed E-state index contributed by atoms with van der Waals surface area (Å²) in [5.74, 6) is 0.756. The van der Waals surface area contributed by atoms with Crippen molar-refractivity contribution in [3.63, 3.8) is 0 Å². The molecular formula is C25H25N3O2S2. The second kappa shape index (κ2) is 10.1. The van der Waals surface area contributed by atoms with E-state index in [0.29, 0.717) is 22.4 Å². The van der Waals surface area contributed by atoms with Crippen molar-refractivity contribution in [3.05, 3.63) is 71.3 Å². The van der Waals surface area contributed by atoms with Crippen LogP contribution in [0.25, 0.3) is 23.0 Å². The van der Waals surface area contributed by atoms with Crippen LogP contribution in [0.4, 0.5) is 0 Å². The van der Waals surface area contributed by atoms with Gasteiger partial charge in [0.15, 0.2) is 0 Å². The maximum atomic E-state index is 13.0. The first kappa shape index (κ1) is 22.3. The third kappa shape index (κ3) is 4.79. The van der Waals surface area contributed by atoms with E-state index < -0.39 is 0 Å². The summed E-state index contributed by atoms with van der Waals surface area (Å²) in [7, 11) is 0. The summed E-state index contributed by atoms with van der Waals surface area (Å²) in [6.07, 6.45) is 5.80. The quantitative estimate of drug-likeness (QED) is 0.306. The fourth-order valence-corrected chi connectivity index (χ4v) is 4.78. The number of aromatic nitrogens is 2. The molecule has 164 valence electrons. The fraction of sp³-hybridized carbons (Fsp3) is 0.240. The lowest BCUT2D eigenvalue weighted by molar-refractivity contribution is -0.122. The molecule has 1 fully saturated rings. The van der Waals surface area contributed by atoms with Gasteiger partial charge in [0.1, 0.15) is 15.8 Å². The molecule has 2 heterocycles. The molecule has 0 spiro atoms. The Labute approximate surface area is 198 Å². The predicted molar refractivity (Wildman–Crippen MR) is 135 cm³/mol. The summed E-state index contributed by atoms with van der Waals surface area (Å²) < 4.78 is 8.14. The van der Waals surface area contributed by atoms with Gasteiger partial charge in [-0.2, -0.15) is 5.10 Å². The summed E-state index contributed by atoms with van der Waals surface area (Å²) in [4.78, 5) is 15.3. The molecule has 0 atom stereocenters. The van der Waals surface area contributed by atoms with Crippen LogP contribution in [-0.4, -0.2) is 38.1 Å². The van der Waals surface area contributed by atoms with Crippen LogP contribution in [0, 0.1) is 0 Å². The number of benzene rings is 2. The van der Waals surface area contributed by atoms with E-state index in [9.17, 15) is 4.79 Å². The number of para-hydroxylation sites is 1. The van der Waals surface area contributed by atoms with Crippen LogP contribution in [0.3, 0.4) is 0 Å². The molecule has 1 amide bonds. The molecule has 1 saturated heterocycles. The van der Waals surface area contributed by atoms with Crippen molar-refractivity contribution in [1.29, 1.82) is 0 Å². The van der Waals surface area contributed by atoms with E-state index in [4.69, 9.17) is 22.1 Å². The Morgan fingerprint density at radius 1 is 1.12 bits per heavy atom. The number of ether oxygens (including phenoxy) is 1.